The topological polar surface area (TPSA) is 84.2 Å². The molecule has 0 aliphatic carbocycles. The molecule has 2 aliphatic rings. The Bertz CT molecular complexity index is 813. The number of nitriles is 1. The highest BCUT2D eigenvalue weighted by Crippen LogP contribution is 2.37. The van der Waals surface area contributed by atoms with Gasteiger partial charge in [-0.2, -0.15) is 10.4 Å². The number of hydrogen-bond acceptors (Lipinski definition) is 7. The molecular formula is C20H26BN3O4. The summed E-state index contributed by atoms with van der Waals surface area (Å²) < 4.78 is 17.0. The number of hydrogen-bond donors (Lipinski definition) is 0. The van der Waals surface area contributed by atoms with Crippen molar-refractivity contribution in [1.82, 2.24) is 0 Å². The molecule has 2 unspecified atom stereocenters. The van der Waals surface area contributed by atoms with Crippen LogP contribution in [0.5, 0.6) is 0 Å². The van der Waals surface area contributed by atoms with E-state index in [9.17, 15) is 10.1 Å². The lowest BCUT2D eigenvalue weighted by atomic mass is 9.79. The summed E-state index contributed by atoms with van der Waals surface area (Å²) in [5.74, 6) is -0.489. The first kappa shape index (κ1) is 20.4. The van der Waals surface area contributed by atoms with E-state index in [-0.39, 0.29) is 24.3 Å². The van der Waals surface area contributed by atoms with Gasteiger partial charge in [0, 0.05) is 5.92 Å². The summed E-state index contributed by atoms with van der Waals surface area (Å²) in [6.07, 6.45) is 0.158. The standard InChI is InChI=1S/C20H26BN3O4/c1-13-16(12-22)23-24(17(13)11-18(25)26-6)15-9-7-14(8-10-15)21-27-19(2,3)20(4,5)28-21/h7-10,13,17H,11H2,1-6H3. The van der Waals surface area contributed by atoms with Crippen molar-refractivity contribution in [3.63, 3.8) is 0 Å². The molecule has 7 nitrogen and oxygen atoms in total. The highest BCUT2D eigenvalue weighted by molar-refractivity contribution is 6.62. The molecule has 28 heavy (non-hydrogen) atoms. The fourth-order valence-electron chi connectivity index (χ4n) is 3.33. The molecule has 148 valence electrons. The van der Waals surface area contributed by atoms with Gasteiger partial charge in [-0.25, -0.2) is 0 Å². The van der Waals surface area contributed by atoms with Gasteiger partial charge in [-0.1, -0.05) is 19.1 Å². The molecule has 2 aliphatic heterocycles. The van der Waals surface area contributed by atoms with Crippen LogP contribution in [-0.2, 0) is 18.8 Å². The van der Waals surface area contributed by atoms with E-state index < -0.39 is 18.3 Å². The van der Waals surface area contributed by atoms with E-state index in [4.69, 9.17) is 14.0 Å². The van der Waals surface area contributed by atoms with E-state index in [0.29, 0.717) is 5.71 Å². The first-order chi connectivity index (χ1) is 13.1. The molecule has 3 rings (SSSR count). The number of ether oxygens (including phenoxy) is 1. The fourth-order valence-corrected chi connectivity index (χ4v) is 3.33. The van der Waals surface area contributed by atoms with Crippen LogP contribution in [0.1, 0.15) is 41.0 Å². The molecule has 0 radical (unpaired) electrons. The molecule has 1 aromatic carbocycles. The molecule has 0 aromatic heterocycles. The number of anilines is 1. The summed E-state index contributed by atoms with van der Waals surface area (Å²) in [6.45, 7) is 9.96. The zero-order valence-corrected chi connectivity index (χ0v) is 17.2. The molecular weight excluding hydrogens is 357 g/mol. The predicted molar refractivity (Wildman–Crippen MR) is 107 cm³/mol. The van der Waals surface area contributed by atoms with Crippen LogP contribution in [0.3, 0.4) is 0 Å². The number of nitrogens with zero attached hydrogens (tertiary/aromatic N) is 3. The van der Waals surface area contributed by atoms with Crippen LogP contribution in [0.15, 0.2) is 29.4 Å². The number of methoxy groups -OCH3 is 1. The van der Waals surface area contributed by atoms with Crippen molar-refractivity contribution in [2.75, 3.05) is 12.1 Å². The molecule has 0 amide bonds. The third-order valence-corrected chi connectivity index (χ3v) is 5.94. The second kappa shape index (κ2) is 7.23. The summed E-state index contributed by atoms with van der Waals surface area (Å²) in [6, 6.07) is 9.53. The Morgan fingerprint density at radius 1 is 1.25 bits per heavy atom. The van der Waals surface area contributed by atoms with Crippen LogP contribution in [0, 0.1) is 17.2 Å². The van der Waals surface area contributed by atoms with Gasteiger partial charge in [0.1, 0.15) is 11.8 Å². The van der Waals surface area contributed by atoms with Gasteiger partial charge in [0.25, 0.3) is 0 Å². The van der Waals surface area contributed by atoms with Gasteiger partial charge in [0.2, 0.25) is 0 Å². The molecule has 1 aromatic rings. The van der Waals surface area contributed by atoms with Crippen molar-refractivity contribution < 1.29 is 18.8 Å². The summed E-state index contributed by atoms with van der Waals surface area (Å²) in [4.78, 5) is 11.8. The summed E-state index contributed by atoms with van der Waals surface area (Å²) in [5.41, 5.74) is 1.30. The molecule has 0 saturated carbocycles. The van der Waals surface area contributed by atoms with Crippen molar-refractivity contribution in [2.45, 2.75) is 58.3 Å². The molecule has 2 heterocycles. The zero-order valence-electron chi connectivity index (χ0n) is 17.2. The van der Waals surface area contributed by atoms with E-state index in [1.807, 2.05) is 58.9 Å². The molecule has 8 heteroatoms. The van der Waals surface area contributed by atoms with Gasteiger partial charge in [-0.15, -0.1) is 0 Å². The van der Waals surface area contributed by atoms with Gasteiger partial charge in [0.05, 0.1) is 36.5 Å². The number of carbonyl (C=O) groups is 1. The number of hydrazone groups is 1. The molecule has 2 atom stereocenters. The quantitative estimate of drug-likeness (QED) is 0.586. The molecule has 1 saturated heterocycles. The molecule has 0 spiro atoms. The Hall–Kier alpha value is -2.37. The maximum atomic E-state index is 11.8. The Morgan fingerprint density at radius 3 is 2.32 bits per heavy atom. The first-order valence-electron chi connectivity index (χ1n) is 9.40. The van der Waals surface area contributed by atoms with Crippen LogP contribution in [0.25, 0.3) is 0 Å². The van der Waals surface area contributed by atoms with E-state index in [1.54, 1.807) is 5.01 Å². The van der Waals surface area contributed by atoms with Gasteiger partial charge in [0.15, 0.2) is 0 Å². The highest BCUT2D eigenvalue weighted by Gasteiger charge is 2.51. The maximum Gasteiger partial charge on any atom is 0.494 e. The largest absolute Gasteiger partial charge is 0.494 e. The minimum absolute atomic E-state index is 0.158. The average molecular weight is 383 g/mol. The maximum absolute atomic E-state index is 11.8. The monoisotopic (exact) mass is 383 g/mol. The third kappa shape index (κ3) is 3.52. The van der Waals surface area contributed by atoms with Gasteiger partial charge in [-0.3, -0.25) is 9.80 Å². The van der Waals surface area contributed by atoms with E-state index in [1.165, 1.54) is 7.11 Å². The van der Waals surface area contributed by atoms with Crippen molar-refractivity contribution in [2.24, 2.45) is 11.0 Å². The summed E-state index contributed by atoms with van der Waals surface area (Å²) in [7, 11) is 0.915. The number of esters is 1. The zero-order chi connectivity index (χ0) is 20.7. The van der Waals surface area contributed by atoms with E-state index in [0.717, 1.165) is 11.2 Å². The molecule has 0 N–H and O–H groups in total. The Morgan fingerprint density at radius 2 is 1.82 bits per heavy atom. The SMILES string of the molecule is COC(=O)CC1C(C)C(C#N)=NN1c1ccc(B2OC(C)(C)C(C)(C)O2)cc1. The van der Waals surface area contributed by atoms with E-state index >= 15 is 0 Å². The smallest absolute Gasteiger partial charge is 0.469 e. The van der Waals surface area contributed by atoms with Crippen molar-refractivity contribution in [3.05, 3.63) is 24.3 Å². The van der Waals surface area contributed by atoms with Gasteiger partial charge in [-0.05, 0) is 45.3 Å². The van der Waals surface area contributed by atoms with E-state index in [2.05, 4.69) is 11.2 Å². The number of rotatable bonds is 4. The molecule has 0 bridgehead atoms. The lowest BCUT2D eigenvalue weighted by Gasteiger charge is -2.32. The average Bonchev–Trinajstić information content (AvgIpc) is 3.07. The predicted octanol–water partition coefficient (Wildman–Crippen LogP) is 2.25. The second-order valence-corrected chi connectivity index (χ2v) is 8.26. The lowest BCUT2D eigenvalue weighted by Crippen LogP contribution is -2.41. The Kier molecular flexibility index (Phi) is 5.26. The van der Waals surface area contributed by atoms with Crippen LogP contribution >= 0.6 is 0 Å². The van der Waals surface area contributed by atoms with Gasteiger partial charge < -0.3 is 14.0 Å². The Balaban J connectivity index is 1.83. The van der Waals surface area contributed by atoms with Crippen molar-refractivity contribution in [3.8, 4) is 6.07 Å². The third-order valence-electron chi connectivity index (χ3n) is 5.94. The molecule has 1 fully saturated rings. The van der Waals surface area contributed by atoms with Crippen molar-refractivity contribution >= 4 is 29.9 Å². The highest BCUT2D eigenvalue weighted by atomic mass is 16.7. The Labute approximate surface area is 166 Å². The van der Waals surface area contributed by atoms with Gasteiger partial charge >= 0.3 is 13.1 Å². The minimum Gasteiger partial charge on any atom is -0.469 e. The second-order valence-electron chi connectivity index (χ2n) is 8.26. The number of carbonyl (C=O) groups excluding carboxylic acids is 1. The first-order valence-corrected chi connectivity index (χ1v) is 9.40. The summed E-state index contributed by atoms with van der Waals surface area (Å²) >= 11 is 0. The van der Waals surface area contributed by atoms with Crippen LogP contribution in [-0.4, -0.2) is 43.2 Å². The fraction of sp³-hybridized carbons (Fsp3) is 0.550. The van der Waals surface area contributed by atoms with Crippen LogP contribution in [0.4, 0.5) is 5.69 Å². The normalized spacial score (nSPS) is 25.4. The van der Waals surface area contributed by atoms with Crippen molar-refractivity contribution in [1.29, 1.82) is 5.26 Å². The summed E-state index contributed by atoms with van der Waals surface area (Å²) in [5, 5.41) is 15.5. The minimum atomic E-state index is -0.444. The van der Waals surface area contributed by atoms with Crippen LogP contribution in [0.2, 0.25) is 0 Å². The lowest BCUT2D eigenvalue weighted by molar-refractivity contribution is -0.141. The van der Waals surface area contributed by atoms with Crippen LogP contribution < -0.4 is 10.5 Å². The number of benzene rings is 1.